The minimum Gasteiger partial charge on any atom is -0.489 e. The highest BCUT2D eigenvalue weighted by Gasteiger charge is 2.37. The second-order valence-electron chi connectivity index (χ2n) is 11.7. The first-order chi connectivity index (χ1) is 18.4. The molecule has 2 aliphatic rings. The molecular weight excluding hydrogens is 486 g/mol. The van der Waals surface area contributed by atoms with Crippen LogP contribution in [0, 0.1) is 20.8 Å². The zero-order chi connectivity index (χ0) is 28.4. The number of hydrogen-bond acceptors (Lipinski definition) is 6. The molecule has 2 unspecified atom stereocenters. The molecule has 0 saturated carbocycles. The molecule has 2 aliphatic heterocycles. The number of primary amides is 1. The van der Waals surface area contributed by atoms with Crippen molar-refractivity contribution in [2.24, 2.45) is 10.7 Å². The van der Waals surface area contributed by atoms with E-state index in [1.807, 2.05) is 0 Å². The van der Waals surface area contributed by atoms with Gasteiger partial charge in [0.2, 0.25) is 5.91 Å². The minimum absolute atomic E-state index is 0.176. The highest BCUT2D eigenvalue weighted by atomic mass is 16.5. The number of nitrogens with zero attached hydrogens (tertiary/aromatic N) is 3. The largest absolute Gasteiger partial charge is 0.489 e. The number of amides is 1. The third-order valence-corrected chi connectivity index (χ3v) is 8.10. The van der Waals surface area contributed by atoms with Gasteiger partial charge in [0.1, 0.15) is 24.4 Å². The summed E-state index contributed by atoms with van der Waals surface area (Å²) in [4.78, 5) is 21.7. The fourth-order valence-corrected chi connectivity index (χ4v) is 5.54. The molecule has 0 aliphatic carbocycles. The maximum Gasteiger partial charge on any atom is 0.231 e. The molecule has 3 N–H and O–H groups in total. The number of nitrogens with two attached hydrogens (primary N) is 1. The number of nitrogens with one attached hydrogen (secondary N) is 1. The van der Waals surface area contributed by atoms with Crippen LogP contribution < -0.4 is 15.8 Å². The van der Waals surface area contributed by atoms with Crippen LogP contribution in [0.15, 0.2) is 52.7 Å². The van der Waals surface area contributed by atoms with E-state index in [4.69, 9.17) is 15.5 Å². The average molecular weight is 532 g/mol. The summed E-state index contributed by atoms with van der Waals surface area (Å²) in [6.45, 7) is 19.5. The lowest BCUT2D eigenvalue weighted by molar-refractivity contribution is -0.120. The number of allylic oxidation sites excluding steroid dienone is 1. The first-order valence-electron chi connectivity index (χ1n) is 14.1. The van der Waals surface area contributed by atoms with Gasteiger partial charge in [-0.15, -0.1) is 0 Å². The summed E-state index contributed by atoms with van der Waals surface area (Å²) in [5.74, 6) is 1.95. The Morgan fingerprint density at radius 1 is 1.05 bits per heavy atom. The van der Waals surface area contributed by atoms with Gasteiger partial charge in [-0.05, 0) is 76.3 Å². The van der Waals surface area contributed by atoms with E-state index >= 15 is 0 Å². The van der Waals surface area contributed by atoms with Gasteiger partial charge < -0.3 is 15.8 Å². The number of rotatable bonds is 8. The van der Waals surface area contributed by atoms with Crippen molar-refractivity contribution in [3.8, 4) is 5.75 Å². The molecule has 1 fully saturated rings. The van der Waals surface area contributed by atoms with Crippen molar-refractivity contribution < 1.29 is 9.53 Å². The van der Waals surface area contributed by atoms with E-state index in [-0.39, 0.29) is 30.7 Å². The normalized spacial score (nSPS) is 22.6. The monoisotopic (exact) mass is 531 g/mol. The Morgan fingerprint density at radius 3 is 2.46 bits per heavy atom. The van der Waals surface area contributed by atoms with Crippen LogP contribution in [0.4, 0.5) is 0 Å². The van der Waals surface area contributed by atoms with E-state index in [2.05, 4.69) is 107 Å². The Balaban J connectivity index is 1.68. The molecule has 39 heavy (non-hydrogen) atoms. The molecule has 1 amide bonds. The fraction of sp³-hybridized carbons (Fsp3) is 0.500. The molecule has 4 rings (SSSR count). The number of hydrogen-bond donors (Lipinski definition) is 2. The topological polar surface area (TPSA) is 83.2 Å². The zero-order valence-electron chi connectivity index (χ0n) is 24.8. The standard InChI is InChI=1S/C32H45N5O2/c1-19(2)26-12-11-22(5)29(14-26)39-18-28-25(8)34-31(27-13-20(3)9-10-21(27)4)35-32(28)37-16-23(6)36(15-24(37)7)17-30(33)38/h9-14,19,23-24,32H,15-18H2,1-8H3,(H2,33,38)(H,34,35)/t23-,24?,32?/m0/s1. The molecule has 2 heterocycles. The Labute approximate surface area is 234 Å². The number of amidine groups is 1. The van der Waals surface area contributed by atoms with E-state index in [0.717, 1.165) is 47.1 Å². The van der Waals surface area contributed by atoms with E-state index in [1.165, 1.54) is 16.7 Å². The minimum atomic E-state index is -0.288. The maximum absolute atomic E-state index is 11.7. The fourth-order valence-electron chi connectivity index (χ4n) is 5.54. The summed E-state index contributed by atoms with van der Waals surface area (Å²) >= 11 is 0. The third-order valence-electron chi connectivity index (χ3n) is 8.10. The Morgan fingerprint density at radius 2 is 1.77 bits per heavy atom. The predicted octanol–water partition coefficient (Wildman–Crippen LogP) is 4.64. The van der Waals surface area contributed by atoms with E-state index in [0.29, 0.717) is 12.5 Å². The molecule has 2 aromatic carbocycles. The maximum atomic E-state index is 11.7. The number of aryl methyl sites for hydroxylation is 3. The van der Waals surface area contributed by atoms with Crippen molar-refractivity contribution in [3.05, 3.63) is 75.5 Å². The van der Waals surface area contributed by atoms with Gasteiger partial charge in [-0.2, -0.15) is 0 Å². The molecule has 1 saturated heterocycles. The number of piperazine rings is 1. The van der Waals surface area contributed by atoms with Crippen LogP contribution in [0.25, 0.3) is 0 Å². The molecule has 0 radical (unpaired) electrons. The third kappa shape index (κ3) is 6.53. The molecule has 7 nitrogen and oxygen atoms in total. The van der Waals surface area contributed by atoms with Crippen LogP contribution in [0.2, 0.25) is 0 Å². The molecule has 0 bridgehead atoms. The van der Waals surface area contributed by atoms with Crippen molar-refractivity contribution in [3.63, 3.8) is 0 Å². The molecular formula is C32H45N5O2. The molecule has 3 atom stereocenters. The molecule has 2 aromatic rings. The number of benzene rings is 2. The van der Waals surface area contributed by atoms with Gasteiger partial charge >= 0.3 is 0 Å². The second-order valence-corrected chi connectivity index (χ2v) is 11.7. The van der Waals surface area contributed by atoms with Crippen LogP contribution in [0.1, 0.15) is 68.4 Å². The van der Waals surface area contributed by atoms with Crippen LogP contribution in [-0.2, 0) is 4.79 Å². The lowest BCUT2D eigenvalue weighted by Crippen LogP contribution is -2.61. The van der Waals surface area contributed by atoms with Crippen LogP contribution in [0.5, 0.6) is 5.75 Å². The first kappa shape index (κ1) is 28.8. The molecule has 210 valence electrons. The van der Waals surface area contributed by atoms with Crippen molar-refractivity contribution in [2.45, 2.75) is 79.6 Å². The SMILES string of the molecule is CC1=C(COc2cc(C(C)C)ccc2C)C(N2C[C@H](C)N(CC(N)=O)CC2C)N=C(c2cc(C)ccc2C)N1. The van der Waals surface area contributed by atoms with Gasteiger partial charge in [0.15, 0.2) is 0 Å². The molecule has 0 aromatic heterocycles. The van der Waals surface area contributed by atoms with Gasteiger partial charge in [0, 0.05) is 42.0 Å². The van der Waals surface area contributed by atoms with Gasteiger partial charge in [-0.25, -0.2) is 4.99 Å². The van der Waals surface area contributed by atoms with Crippen LogP contribution in [-0.4, -0.2) is 66.0 Å². The van der Waals surface area contributed by atoms with Crippen molar-refractivity contribution >= 4 is 11.7 Å². The van der Waals surface area contributed by atoms with Gasteiger partial charge in [0.25, 0.3) is 0 Å². The smallest absolute Gasteiger partial charge is 0.231 e. The number of carbonyl (C=O) groups excluding carboxylic acids is 1. The lowest BCUT2D eigenvalue weighted by Gasteiger charge is -2.47. The summed E-state index contributed by atoms with van der Waals surface area (Å²) in [7, 11) is 0. The summed E-state index contributed by atoms with van der Waals surface area (Å²) in [5, 5.41) is 3.61. The number of carbonyl (C=O) groups is 1. The molecule has 7 heteroatoms. The highest BCUT2D eigenvalue weighted by molar-refractivity contribution is 6.02. The van der Waals surface area contributed by atoms with Gasteiger partial charge in [0.05, 0.1) is 6.54 Å². The summed E-state index contributed by atoms with van der Waals surface area (Å²) in [6, 6.07) is 13.3. The van der Waals surface area contributed by atoms with Crippen molar-refractivity contribution in [1.82, 2.24) is 15.1 Å². The first-order valence-corrected chi connectivity index (χ1v) is 14.1. The van der Waals surface area contributed by atoms with E-state index in [1.54, 1.807) is 0 Å². The number of ether oxygens (including phenoxy) is 1. The van der Waals surface area contributed by atoms with Crippen LogP contribution in [0.3, 0.4) is 0 Å². The van der Waals surface area contributed by atoms with Gasteiger partial charge in [-0.3, -0.25) is 14.6 Å². The van der Waals surface area contributed by atoms with Crippen molar-refractivity contribution in [2.75, 3.05) is 26.2 Å². The second kappa shape index (κ2) is 11.9. The predicted molar refractivity (Wildman–Crippen MR) is 159 cm³/mol. The quantitative estimate of drug-likeness (QED) is 0.518. The lowest BCUT2D eigenvalue weighted by atomic mass is 9.99. The Hall–Kier alpha value is -3.16. The van der Waals surface area contributed by atoms with E-state index in [9.17, 15) is 4.79 Å². The summed E-state index contributed by atoms with van der Waals surface area (Å²) < 4.78 is 6.51. The Bertz CT molecular complexity index is 1280. The zero-order valence-corrected chi connectivity index (χ0v) is 24.8. The van der Waals surface area contributed by atoms with E-state index < -0.39 is 0 Å². The highest BCUT2D eigenvalue weighted by Crippen LogP contribution is 2.30. The summed E-state index contributed by atoms with van der Waals surface area (Å²) in [6.07, 6.45) is -0.178. The van der Waals surface area contributed by atoms with Gasteiger partial charge in [-0.1, -0.05) is 43.7 Å². The van der Waals surface area contributed by atoms with Crippen LogP contribution >= 0.6 is 0 Å². The number of aliphatic imine (C=N–C) groups is 1. The average Bonchev–Trinajstić information content (AvgIpc) is 2.86. The Kier molecular flexibility index (Phi) is 8.82. The summed E-state index contributed by atoms with van der Waals surface area (Å²) in [5.41, 5.74) is 13.6. The van der Waals surface area contributed by atoms with Crippen molar-refractivity contribution in [1.29, 1.82) is 0 Å². The molecule has 0 spiro atoms.